The molecule has 0 aromatic heterocycles. The third-order valence-corrected chi connectivity index (χ3v) is 4.90. The number of ether oxygens (including phenoxy) is 2. The standard InChI is InChI=1S/C20H21N3O9/c21-23-22-10-3-1-9(2-4-10)5-12(26)16-13(27)6-11(25)7-14(16)31-20-19(30)18(29)17(28)15(8-24)32-20/h1-4,6-7,15,17-20,24-25,27-30H,5,8H2/t15-,17-,18+,19-,20+/m0/s1. The first kappa shape index (κ1) is 23.3. The van der Waals surface area contributed by atoms with Gasteiger partial charge in [-0.25, -0.2) is 0 Å². The molecule has 12 heteroatoms. The summed E-state index contributed by atoms with van der Waals surface area (Å²) < 4.78 is 10.7. The zero-order valence-corrected chi connectivity index (χ0v) is 16.5. The Morgan fingerprint density at radius 2 is 1.78 bits per heavy atom. The van der Waals surface area contributed by atoms with Crippen LogP contribution in [0.3, 0.4) is 0 Å². The summed E-state index contributed by atoms with van der Waals surface area (Å²) in [6.45, 7) is -0.687. The Kier molecular flexibility index (Phi) is 7.15. The van der Waals surface area contributed by atoms with E-state index in [1.165, 1.54) is 12.1 Å². The minimum atomic E-state index is -1.76. The smallest absolute Gasteiger partial charge is 0.229 e. The molecule has 2 aromatic rings. The van der Waals surface area contributed by atoms with Crippen molar-refractivity contribution < 1.29 is 44.9 Å². The highest BCUT2D eigenvalue weighted by atomic mass is 16.7. The third kappa shape index (κ3) is 4.92. The Balaban J connectivity index is 1.87. The van der Waals surface area contributed by atoms with Gasteiger partial charge in [0.1, 0.15) is 47.2 Å². The third-order valence-electron chi connectivity index (χ3n) is 4.90. The number of carbonyl (C=O) groups is 1. The first-order chi connectivity index (χ1) is 15.2. The molecule has 0 unspecified atom stereocenters. The van der Waals surface area contributed by atoms with Crippen molar-refractivity contribution in [1.29, 1.82) is 0 Å². The van der Waals surface area contributed by atoms with Crippen LogP contribution in [0.25, 0.3) is 10.4 Å². The van der Waals surface area contributed by atoms with E-state index in [0.717, 1.165) is 12.1 Å². The van der Waals surface area contributed by atoms with Gasteiger partial charge in [0.15, 0.2) is 5.78 Å². The number of ketones is 1. The zero-order chi connectivity index (χ0) is 23.4. The first-order valence-electron chi connectivity index (χ1n) is 9.45. The lowest BCUT2D eigenvalue weighted by Gasteiger charge is -2.39. The van der Waals surface area contributed by atoms with Gasteiger partial charge in [0.25, 0.3) is 0 Å². The number of rotatable bonds is 7. The van der Waals surface area contributed by atoms with Crippen molar-refractivity contribution in [3.63, 3.8) is 0 Å². The van der Waals surface area contributed by atoms with Crippen LogP contribution in [0.1, 0.15) is 15.9 Å². The van der Waals surface area contributed by atoms with Gasteiger partial charge in [0.2, 0.25) is 6.29 Å². The van der Waals surface area contributed by atoms with E-state index in [1.807, 2.05) is 0 Å². The topological polar surface area (TPSA) is 206 Å². The molecule has 2 aromatic carbocycles. The first-order valence-corrected chi connectivity index (χ1v) is 9.45. The molecule has 1 aliphatic rings. The maximum absolute atomic E-state index is 12.9. The quantitative estimate of drug-likeness (QED) is 0.152. The molecule has 3 rings (SSSR count). The fraction of sp³-hybridized carbons (Fsp3) is 0.350. The van der Waals surface area contributed by atoms with E-state index in [9.17, 15) is 35.4 Å². The second-order valence-electron chi connectivity index (χ2n) is 7.11. The van der Waals surface area contributed by atoms with E-state index < -0.39 is 54.6 Å². The van der Waals surface area contributed by atoms with Gasteiger partial charge in [0, 0.05) is 29.2 Å². The van der Waals surface area contributed by atoms with Crippen molar-refractivity contribution in [2.45, 2.75) is 37.1 Å². The van der Waals surface area contributed by atoms with Crippen molar-refractivity contribution in [3.05, 3.63) is 58.0 Å². The fourth-order valence-corrected chi connectivity index (χ4v) is 3.26. The Morgan fingerprint density at radius 1 is 1.09 bits per heavy atom. The number of carbonyl (C=O) groups excluding carboxylic acids is 1. The van der Waals surface area contributed by atoms with E-state index in [1.54, 1.807) is 12.1 Å². The van der Waals surface area contributed by atoms with E-state index in [-0.39, 0.29) is 17.7 Å². The molecule has 1 aliphatic heterocycles. The van der Waals surface area contributed by atoms with Crippen LogP contribution in [0.4, 0.5) is 5.69 Å². The Labute approximate surface area is 181 Å². The molecule has 12 nitrogen and oxygen atoms in total. The number of Topliss-reactive ketones (excluding diaryl/α,β-unsaturated/α-hetero) is 1. The minimum absolute atomic E-state index is 0.195. The molecule has 1 heterocycles. The van der Waals surface area contributed by atoms with Gasteiger partial charge in [-0.05, 0) is 11.1 Å². The molecular weight excluding hydrogens is 426 g/mol. The number of aliphatic hydroxyl groups is 4. The zero-order valence-electron chi connectivity index (χ0n) is 16.5. The average Bonchev–Trinajstić information content (AvgIpc) is 2.75. The summed E-state index contributed by atoms with van der Waals surface area (Å²) >= 11 is 0. The predicted octanol–water partition coefficient (Wildman–Crippen LogP) is 0.644. The largest absolute Gasteiger partial charge is 0.508 e. The number of azide groups is 1. The molecule has 0 bridgehead atoms. The molecule has 0 amide bonds. The molecule has 6 N–H and O–H groups in total. The number of phenolic OH excluding ortho intramolecular Hbond substituents is 2. The summed E-state index contributed by atoms with van der Waals surface area (Å²) in [5, 5.41) is 62.8. The second-order valence-corrected chi connectivity index (χ2v) is 7.11. The summed E-state index contributed by atoms with van der Waals surface area (Å²) in [5.74, 6) is -2.00. The number of benzene rings is 2. The van der Waals surface area contributed by atoms with Gasteiger partial charge in [-0.3, -0.25) is 4.79 Å². The van der Waals surface area contributed by atoms with Crippen LogP contribution in [0.2, 0.25) is 0 Å². The van der Waals surface area contributed by atoms with Crippen LogP contribution in [0.15, 0.2) is 41.5 Å². The van der Waals surface area contributed by atoms with Gasteiger partial charge >= 0.3 is 0 Å². The number of phenols is 2. The lowest BCUT2D eigenvalue weighted by atomic mass is 9.99. The number of hydrogen-bond acceptors (Lipinski definition) is 10. The Bertz CT molecular complexity index is 1020. The van der Waals surface area contributed by atoms with Crippen LogP contribution in [-0.2, 0) is 11.2 Å². The van der Waals surface area contributed by atoms with Crippen LogP contribution >= 0.6 is 0 Å². The van der Waals surface area contributed by atoms with Crippen LogP contribution in [0.5, 0.6) is 17.2 Å². The van der Waals surface area contributed by atoms with E-state index >= 15 is 0 Å². The maximum atomic E-state index is 12.9. The predicted molar refractivity (Wildman–Crippen MR) is 107 cm³/mol. The Morgan fingerprint density at radius 3 is 2.41 bits per heavy atom. The summed E-state index contributed by atoms with van der Waals surface area (Å²) in [6, 6.07) is 8.06. The van der Waals surface area contributed by atoms with Gasteiger partial charge in [0.05, 0.1) is 6.61 Å². The molecule has 0 aliphatic carbocycles. The summed E-state index contributed by atoms with van der Waals surface area (Å²) in [6.07, 6.45) is -8.15. The normalized spacial score (nSPS) is 25.1. The van der Waals surface area contributed by atoms with Gasteiger partial charge in [-0.2, -0.15) is 0 Å². The molecule has 0 spiro atoms. The highest BCUT2D eigenvalue weighted by Gasteiger charge is 2.45. The number of nitrogens with zero attached hydrogens (tertiary/aromatic N) is 3. The van der Waals surface area contributed by atoms with Crippen LogP contribution in [0, 0.1) is 0 Å². The summed E-state index contributed by atoms with van der Waals surface area (Å²) in [4.78, 5) is 15.6. The van der Waals surface area contributed by atoms with Crippen molar-refractivity contribution in [3.8, 4) is 17.2 Å². The summed E-state index contributed by atoms with van der Waals surface area (Å²) in [7, 11) is 0. The van der Waals surface area contributed by atoms with Gasteiger partial charge < -0.3 is 40.1 Å². The lowest BCUT2D eigenvalue weighted by molar-refractivity contribution is -0.277. The number of aromatic hydroxyl groups is 2. The van der Waals surface area contributed by atoms with Crippen molar-refractivity contribution in [2.24, 2.45) is 5.11 Å². The van der Waals surface area contributed by atoms with Gasteiger partial charge in [-0.1, -0.05) is 29.4 Å². The van der Waals surface area contributed by atoms with Crippen LogP contribution in [-0.4, -0.2) is 73.7 Å². The molecule has 1 fully saturated rings. The molecule has 0 radical (unpaired) electrons. The molecule has 1 saturated heterocycles. The summed E-state index contributed by atoms with van der Waals surface area (Å²) in [5.41, 5.74) is 9.01. The maximum Gasteiger partial charge on any atom is 0.229 e. The highest BCUT2D eigenvalue weighted by Crippen LogP contribution is 2.36. The minimum Gasteiger partial charge on any atom is -0.508 e. The average molecular weight is 447 g/mol. The molecular formula is C20H21N3O9. The van der Waals surface area contributed by atoms with Crippen molar-refractivity contribution in [2.75, 3.05) is 6.61 Å². The lowest BCUT2D eigenvalue weighted by Crippen LogP contribution is -2.60. The van der Waals surface area contributed by atoms with E-state index in [4.69, 9.17) is 15.0 Å². The second kappa shape index (κ2) is 9.83. The molecule has 32 heavy (non-hydrogen) atoms. The van der Waals surface area contributed by atoms with Gasteiger partial charge in [-0.15, -0.1) is 0 Å². The van der Waals surface area contributed by atoms with E-state index in [2.05, 4.69) is 10.0 Å². The fourth-order valence-electron chi connectivity index (χ4n) is 3.26. The van der Waals surface area contributed by atoms with E-state index in [0.29, 0.717) is 11.3 Å². The number of hydrogen-bond donors (Lipinski definition) is 6. The monoisotopic (exact) mass is 447 g/mol. The van der Waals surface area contributed by atoms with Crippen LogP contribution < -0.4 is 4.74 Å². The molecule has 5 atom stereocenters. The molecule has 170 valence electrons. The highest BCUT2D eigenvalue weighted by molar-refractivity contribution is 6.02. The van der Waals surface area contributed by atoms with Crippen molar-refractivity contribution in [1.82, 2.24) is 0 Å². The number of aliphatic hydroxyl groups excluding tert-OH is 4. The Hall–Kier alpha value is -3.38. The molecule has 0 saturated carbocycles. The SMILES string of the molecule is [N-]=[N+]=Nc1ccc(CC(=O)c2c(O)cc(O)cc2O[C@@H]2O[C@@H](CO)[C@H](O)[C@@H](O)[C@@H]2O)cc1. The van der Waals surface area contributed by atoms with Crippen molar-refractivity contribution >= 4 is 11.5 Å².